The van der Waals surface area contributed by atoms with Gasteiger partial charge in [0.2, 0.25) is 0 Å². The van der Waals surface area contributed by atoms with Gasteiger partial charge in [-0.05, 0) is 33.6 Å². The number of carboxylic acids is 1. The van der Waals surface area contributed by atoms with E-state index in [2.05, 4.69) is 11.9 Å². The molecule has 0 heterocycles. The van der Waals surface area contributed by atoms with E-state index in [9.17, 15) is 9.59 Å². The number of nitrogens with zero attached hydrogens (tertiary/aromatic N) is 1. The summed E-state index contributed by atoms with van der Waals surface area (Å²) in [6.45, 7) is 10.8. The van der Waals surface area contributed by atoms with E-state index in [0.29, 0.717) is 19.5 Å². The Morgan fingerprint density at radius 1 is 1.20 bits per heavy atom. The van der Waals surface area contributed by atoms with Crippen LogP contribution in [0.25, 0.3) is 0 Å². The van der Waals surface area contributed by atoms with Crippen LogP contribution >= 0.6 is 0 Å². The van der Waals surface area contributed by atoms with Crippen molar-refractivity contribution in [2.75, 3.05) is 13.1 Å². The van der Waals surface area contributed by atoms with Crippen molar-refractivity contribution in [1.82, 2.24) is 10.2 Å². The molecule has 0 saturated carbocycles. The largest absolute Gasteiger partial charge is 0.481 e. The van der Waals surface area contributed by atoms with Crippen LogP contribution in [0.5, 0.6) is 0 Å². The second-order valence-corrected chi connectivity index (χ2v) is 5.86. The van der Waals surface area contributed by atoms with Crippen molar-refractivity contribution < 1.29 is 14.7 Å². The Hall–Kier alpha value is -1.52. The summed E-state index contributed by atoms with van der Waals surface area (Å²) in [6.07, 6.45) is 5.34. The molecule has 0 aromatic carbocycles. The number of hydrogen-bond acceptors (Lipinski definition) is 2. The molecule has 0 saturated heterocycles. The van der Waals surface area contributed by atoms with Gasteiger partial charge in [0.05, 0.1) is 0 Å². The van der Waals surface area contributed by atoms with Gasteiger partial charge in [0.25, 0.3) is 0 Å². The van der Waals surface area contributed by atoms with Gasteiger partial charge in [-0.3, -0.25) is 4.79 Å². The van der Waals surface area contributed by atoms with Gasteiger partial charge in [-0.15, -0.1) is 6.58 Å². The summed E-state index contributed by atoms with van der Waals surface area (Å²) in [4.78, 5) is 24.1. The number of carbonyl (C=O) groups excluding carboxylic acids is 1. The molecule has 0 aliphatic carbocycles. The second-order valence-electron chi connectivity index (χ2n) is 5.86. The highest BCUT2D eigenvalue weighted by atomic mass is 16.4. The molecule has 5 nitrogen and oxygen atoms in total. The van der Waals surface area contributed by atoms with Crippen LogP contribution in [0.4, 0.5) is 4.79 Å². The van der Waals surface area contributed by atoms with E-state index in [1.807, 2.05) is 20.8 Å². The highest BCUT2D eigenvalue weighted by Crippen LogP contribution is 2.13. The van der Waals surface area contributed by atoms with Gasteiger partial charge in [0.15, 0.2) is 0 Å². The molecule has 0 unspecified atom stereocenters. The topological polar surface area (TPSA) is 69.6 Å². The molecular formula is C15H28N2O3. The quantitative estimate of drug-likeness (QED) is 0.505. The lowest BCUT2D eigenvalue weighted by Gasteiger charge is -2.34. The molecule has 0 aromatic rings. The number of amides is 2. The lowest BCUT2D eigenvalue weighted by Crippen LogP contribution is -2.50. The first-order valence-corrected chi connectivity index (χ1v) is 7.17. The maximum atomic E-state index is 12.0. The Bertz CT molecular complexity index is 322. The third kappa shape index (κ3) is 8.56. The zero-order valence-corrected chi connectivity index (χ0v) is 12.9. The molecule has 2 N–H and O–H groups in total. The van der Waals surface area contributed by atoms with E-state index in [0.717, 1.165) is 19.3 Å². The molecular weight excluding hydrogens is 256 g/mol. The minimum absolute atomic E-state index is 0.0806. The van der Waals surface area contributed by atoms with Crippen LogP contribution in [0.3, 0.4) is 0 Å². The molecule has 20 heavy (non-hydrogen) atoms. The molecule has 0 radical (unpaired) electrons. The van der Waals surface area contributed by atoms with Crippen molar-refractivity contribution in [2.24, 2.45) is 0 Å². The highest BCUT2D eigenvalue weighted by molar-refractivity contribution is 5.75. The summed E-state index contributed by atoms with van der Waals surface area (Å²) in [5.74, 6) is -0.747. The minimum Gasteiger partial charge on any atom is -0.481 e. The summed E-state index contributed by atoms with van der Waals surface area (Å²) in [5.41, 5.74) is -0.236. The van der Waals surface area contributed by atoms with Gasteiger partial charge < -0.3 is 15.3 Å². The first-order chi connectivity index (χ1) is 9.29. The molecule has 0 spiro atoms. The Morgan fingerprint density at radius 3 is 2.30 bits per heavy atom. The van der Waals surface area contributed by atoms with Gasteiger partial charge >= 0.3 is 12.0 Å². The molecule has 116 valence electrons. The van der Waals surface area contributed by atoms with Crippen molar-refractivity contribution in [2.45, 2.75) is 58.4 Å². The Kier molecular flexibility index (Phi) is 8.68. The summed E-state index contributed by atoms with van der Waals surface area (Å²) < 4.78 is 0. The van der Waals surface area contributed by atoms with Crippen LogP contribution < -0.4 is 5.32 Å². The number of aliphatic carboxylic acids is 1. The molecule has 0 bridgehead atoms. The fourth-order valence-electron chi connectivity index (χ4n) is 1.84. The Balaban J connectivity index is 3.85. The van der Waals surface area contributed by atoms with Gasteiger partial charge in [-0.1, -0.05) is 18.9 Å². The predicted molar refractivity (Wildman–Crippen MR) is 80.8 cm³/mol. The SMILES string of the molecule is C=CCN(C(=O)NCCCCCCC(=O)O)C(C)(C)C. The number of hydrogen-bond donors (Lipinski definition) is 2. The van der Waals surface area contributed by atoms with Crippen LogP contribution in [-0.4, -0.2) is 40.6 Å². The number of rotatable bonds is 9. The smallest absolute Gasteiger partial charge is 0.318 e. The lowest BCUT2D eigenvalue weighted by molar-refractivity contribution is -0.137. The molecule has 0 fully saturated rings. The lowest BCUT2D eigenvalue weighted by atomic mass is 10.1. The zero-order chi connectivity index (χ0) is 15.6. The van der Waals surface area contributed by atoms with Crippen LogP contribution in [-0.2, 0) is 4.79 Å². The van der Waals surface area contributed by atoms with E-state index >= 15 is 0 Å². The van der Waals surface area contributed by atoms with E-state index < -0.39 is 5.97 Å². The van der Waals surface area contributed by atoms with E-state index in [4.69, 9.17) is 5.11 Å². The first kappa shape index (κ1) is 18.5. The standard InChI is InChI=1S/C15H28N2O3/c1-5-12-17(15(2,3)4)14(20)16-11-9-7-6-8-10-13(18)19/h5H,1,6-12H2,2-4H3,(H,16,20)(H,18,19). The van der Waals surface area contributed by atoms with E-state index in [1.165, 1.54) is 0 Å². The zero-order valence-electron chi connectivity index (χ0n) is 12.9. The van der Waals surface area contributed by atoms with Crippen LogP contribution in [0.2, 0.25) is 0 Å². The van der Waals surface area contributed by atoms with Crippen LogP contribution in [0.1, 0.15) is 52.9 Å². The molecule has 5 heteroatoms. The fourth-order valence-corrected chi connectivity index (χ4v) is 1.84. The van der Waals surface area contributed by atoms with Crippen molar-refractivity contribution in [1.29, 1.82) is 0 Å². The molecule has 0 rings (SSSR count). The summed E-state index contributed by atoms with van der Waals surface area (Å²) >= 11 is 0. The maximum absolute atomic E-state index is 12.0. The third-order valence-corrected chi connectivity index (χ3v) is 2.96. The van der Waals surface area contributed by atoms with Crippen LogP contribution in [0, 0.1) is 0 Å². The van der Waals surface area contributed by atoms with Crippen molar-refractivity contribution in [3.8, 4) is 0 Å². The number of carboxylic acid groups (broad SMARTS) is 1. The average molecular weight is 284 g/mol. The molecule has 0 aliphatic heterocycles. The van der Waals surface area contributed by atoms with Gasteiger partial charge in [-0.25, -0.2) is 4.79 Å². The second kappa shape index (κ2) is 9.39. The highest BCUT2D eigenvalue weighted by Gasteiger charge is 2.24. The fraction of sp³-hybridized carbons (Fsp3) is 0.733. The Labute approximate surface area is 122 Å². The first-order valence-electron chi connectivity index (χ1n) is 7.17. The minimum atomic E-state index is -0.747. The normalized spacial score (nSPS) is 10.9. The number of unbranched alkanes of at least 4 members (excludes halogenated alkanes) is 3. The maximum Gasteiger partial charge on any atom is 0.318 e. The van der Waals surface area contributed by atoms with Crippen LogP contribution in [0.15, 0.2) is 12.7 Å². The molecule has 0 atom stereocenters. The van der Waals surface area contributed by atoms with E-state index in [1.54, 1.807) is 11.0 Å². The van der Waals surface area contributed by atoms with Gasteiger partial charge in [0, 0.05) is 25.0 Å². The van der Waals surface area contributed by atoms with Gasteiger partial charge in [0.1, 0.15) is 0 Å². The van der Waals surface area contributed by atoms with Gasteiger partial charge in [-0.2, -0.15) is 0 Å². The number of carbonyl (C=O) groups is 2. The van der Waals surface area contributed by atoms with Crippen molar-refractivity contribution >= 4 is 12.0 Å². The monoisotopic (exact) mass is 284 g/mol. The molecule has 0 aromatic heterocycles. The van der Waals surface area contributed by atoms with E-state index in [-0.39, 0.29) is 18.0 Å². The number of urea groups is 1. The molecule has 0 aliphatic rings. The van der Waals surface area contributed by atoms with Crippen molar-refractivity contribution in [3.05, 3.63) is 12.7 Å². The number of nitrogens with one attached hydrogen (secondary N) is 1. The summed E-state index contributed by atoms with van der Waals surface area (Å²) in [7, 11) is 0. The Morgan fingerprint density at radius 2 is 1.80 bits per heavy atom. The third-order valence-electron chi connectivity index (χ3n) is 2.96. The average Bonchev–Trinajstić information content (AvgIpc) is 2.32. The van der Waals surface area contributed by atoms with Crippen molar-refractivity contribution in [3.63, 3.8) is 0 Å². The molecule has 2 amide bonds. The summed E-state index contributed by atoms with van der Waals surface area (Å²) in [6, 6.07) is -0.0806. The summed E-state index contributed by atoms with van der Waals surface area (Å²) in [5, 5.41) is 11.4. The predicted octanol–water partition coefficient (Wildman–Crippen LogP) is 3.02.